The number of nitrogen functional groups attached to an aromatic ring is 1. The summed E-state index contributed by atoms with van der Waals surface area (Å²) in [5, 5.41) is 0. The van der Waals surface area contributed by atoms with E-state index >= 15 is 0 Å². The van der Waals surface area contributed by atoms with Gasteiger partial charge in [-0.3, -0.25) is 4.79 Å². The first-order chi connectivity index (χ1) is 8.63. The van der Waals surface area contributed by atoms with E-state index in [1.807, 2.05) is 11.8 Å². The Hall–Kier alpha value is -1.71. The van der Waals surface area contributed by atoms with Crippen LogP contribution in [-0.4, -0.2) is 31.0 Å². The third-order valence-corrected chi connectivity index (χ3v) is 2.94. The Kier molecular flexibility index (Phi) is 5.49. The molecule has 0 saturated heterocycles. The average Bonchev–Trinajstić information content (AvgIpc) is 2.40. The van der Waals surface area contributed by atoms with Gasteiger partial charge in [-0.2, -0.15) is 0 Å². The number of benzene rings is 1. The third kappa shape index (κ3) is 3.39. The highest BCUT2D eigenvalue weighted by Crippen LogP contribution is 2.21. The number of amides is 1. The minimum atomic E-state index is -0.0256. The van der Waals surface area contributed by atoms with Crippen molar-refractivity contribution in [3.63, 3.8) is 0 Å². The number of nitrogens with two attached hydrogens (primary N) is 1. The molecule has 0 aliphatic carbocycles. The van der Waals surface area contributed by atoms with Crippen LogP contribution < -0.4 is 10.5 Å². The van der Waals surface area contributed by atoms with E-state index in [-0.39, 0.29) is 5.91 Å². The van der Waals surface area contributed by atoms with Crippen LogP contribution in [0.1, 0.15) is 37.0 Å². The fourth-order valence-corrected chi connectivity index (χ4v) is 1.77. The van der Waals surface area contributed by atoms with Gasteiger partial charge in [0, 0.05) is 18.8 Å². The summed E-state index contributed by atoms with van der Waals surface area (Å²) in [4.78, 5) is 14.2. The minimum absolute atomic E-state index is 0.0256. The van der Waals surface area contributed by atoms with E-state index in [0.717, 1.165) is 19.4 Å². The highest BCUT2D eigenvalue weighted by atomic mass is 16.5. The van der Waals surface area contributed by atoms with Crippen LogP contribution >= 0.6 is 0 Å². The number of methoxy groups -OCH3 is 1. The molecule has 0 fully saturated rings. The molecule has 0 aliphatic rings. The lowest BCUT2D eigenvalue weighted by Gasteiger charge is -2.21. The summed E-state index contributed by atoms with van der Waals surface area (Å²) < 4.78 is 5.13. The molecule has 0 atom stereocenters. The zero-order valence-corrected chi connectivity index (χ0v) is 11.4. The summed E-state index contributed by atoms with van der Waals surface area (Å²) in [6.45, 7) is 5.54. The lowest BCUT2D eigenvalue weighted by Crippen LogP contribution is -2.32. The molecule has 0 saturated carbocycles. The Morgan fingerprint density at radius 2 is 2.11 bits per heavy atom. The molecule has 0 heterocycles. The number of carbonyl (C=O) groups excluding carboxylic acids is 1. The van der Waals surface area contributed by atoms with Crippen molar-refractivity contribution in [2.24, 2.45) is 0 Å². The molecule has 4 heteroatoms. The molecule has 0 radical (unpaired) electrons. The Bertz CT molecular complexity index is 405. The van der Waals surface area contributed by atoms with Crippen LogP contribution in [0.3, 0.4) is 0 Å². The van der Waals surface area contributed by atoms with Crippen LogP contribution in [0.5, 0.6) is 5.75 Å². The lowest BCUT2D eigenvalue weighted by atomic mass is 10.1. The number of carbonyl (C=O) groups is 1. The minimum Gasteiger partial charge on any atom is -0.497 e. The highest BCUT2D eigenvalue weighted by molar-refractivity contribution is 5.99. The smallest absolute Gasteiger partial charge is 0.256 e. The van der Waals surface area contributed by atoms with Crippen molar-refractivity contribution in [3.05, 3.63) is 23.8 Å². The van der Waals surface area contributed by atoms with E-state index in [1.54, 1.807) is 25.3 Å². The second-order valence-corrected chi connectivity index (χ2v) is 4.19. The van der Waals surface area contributed by atoms with Gasteiger partial charge in [0.25, 0.3) is 5.91 Å². The van der Waals surface area contributed by atoms with Gasteiger partial charge in [0.15, 0.2) is 0 Å². The number of unbranched alkanes of at least 4 members (excludes halogenated alkanes) is 1. The van der Waals surface area contributed by atoms with Gasteiger partial charge >= 0.3 is 0 Å². The van der Waals surface area contributed by atoms with E-state index in [1.165, 1.54) is 0 Å². The number of hydrogen-bond donors (Lipinski definition) is 1. The maximum atomic E-state index is 12.4. The molecule has 0 aromatic heterocycles. The molecule has 100 valence electrons. The van der Waals surface area contributed by atoms with Crippen LogP contribution in [0.15, 0.2) is 18.2 Å². The number of anilines is 1. The Labute approximate surface area is 109 Å². The van der Waals surface area contributed by atoms with Crippen molar-refractivity contribution in [1.29, 1.82) is 0 Å². The fraction of sp³-hybridized carbons (Fsp3) is 0.500. The quantitative estimate of drug-likeness (QED) is 0.789. The van der Waals surface area contributed by atoms with Crippen molar-refractivity contribution in [3.8, 4) is 5.75 Å². The first kappa shape index (κ1) is 14.4. The molecule has 1 rings (SSSR count). The Morgan fingerprint density at radius 3 is 2.67 bits per heavy atom. The second-order valence-electron chi connectivity index (χ2n) is 4.19. The summed E-state index contributed by atoms with van der Waals surface area (Å²) in [5.74, 6) is 0.626. The van der Waals surface area contributed by atoms with Crippen molar-refractivity contribution < 1.29 is 9.53 Å². The fourth-order valence-electron chi connectivity index (χ4n) is 1.77. The van der Waals surface area contributed by atoms with Crippen LogP contribution in [-0.2, 0) is 0 Å². The summed E-state index contributed by atoms with van der Waals surface area (Å²) in [7, 11) is 1.58. The normalized spacial score (nSPS) is 10.2. The molecule has 0 bridgehead atoms. The van der Waals surface area contributed by atoms with E-state index in [0.29, 0.717) is 23.5 Å². The van der Waals surface area contributed by atoms with Crippen LogP contribution in [0, 0.1) is 0 Å². The monoisotopic (exact) mass is 250 g/mol. The van der Waals surface area contributed by atoms with Crippen molar-refractivity contribution in [1.82, 2.24) is 4.90 Å². The van der Waals surface area contributed by atoms with E-state index in [4.69, 9.17) is 10.5 Å². The second kappa shape index (κ2) is 6.89. The average molecular weight is 250 g/mol. The van der Waals surface area contributed by atoms with Gasteiger partial charge < -0.3 is 15.4 Å². The summed E-state index contributed by atoms with van der Waals surface area (Å²) >= 11 is 0. The standard InChI is InChI=1S/C14H22N2O2/c1-4-6-9-16(5-2)14(17)12-10-11(18-3)7-8-13(12)15/h7-8,10H,4-6,9,15H2,1-3H3. The Balaban J connectivity index is 2.93. The number of rotatable bonds is 6. The molecular formula is C14H22N2O2. The van der Waals surface area contributed by atoms with Gasteiger partial charge in [-0.05, 0) is 31.5 Å². The molecule has 0 unspecified atom stereocenters. The highest BCUT2D eigenvalue weighted by Gasteiger charge is 2.17. The van der Waals surface area contributed by atoms with Crippen LogP contribution in [0.4, 0.5) is 5.69 Å². The van der Waals surface area contributed by atoms with Gasteiger partial charge in [-0.1, -0.05) is 13.3 Å². The largest absolute Gasteiger partial charge is 0.497 e. The number of hydrogen-bond acceptors (Lipinski definition) is 3. The van der Waals surface area contributed by atoms with Gasteiger partial charge in [0.2, 0.25) is 0 Å². The first-order valence-electron chi connectivity index (χ1n) is 6.36. The van der Waals surface area contributed by atoms with Crippen molar-refractivity contribution >= 4 is 11.6 Å². The molecule has 1 aromatic rings. The molecule has 0 aliphatic heterocycles. The lowest BCUT2D eigenvalue weighted by molar-refractivity contribution is 0.0763. The van der Waals surface area contributed by atoms with Gasteiger partial charge in [-0.15, -0.1) is 0 Å². The molecule has 1 amide bonds. The summed E-state index contributed by atoms with van der Waals surface area (Å²) in [6, 6.07) is 5.17. The van der Waals surface area contributed by atoms with Crippen LogP contribution in [0.2, 0.25) is 0 Å². The third-order valence-electron chi connectivity index (χ3n) is 2.94. The molecular weight excluding hydrogens is 228 g/mol. The van der Waals surface area contributed by atoms with Crippen LogP contribution in [0.25, 0.3) is 0 Å². The number of nitrogens with zero attached hydrogens (tertiary/aromatic N) is 1. The van der Waals surface area contributed by atoms with E-state index in [9.17, 15) is 4.79 Å². The summed E-state index contributed by atoms with van der Waals surface area (Å²) in [6.07, 6.45) is 2.07. The topological polar surface area (TPSA) is 55.6 Å². The van der Waals surface area contributed by atoms with Crippen molar-refractivity contribution in [2.45, 2.75) is 26.7 Å². The SMILES string of the molecule is CCCCN(CC)C(=O)c1cc(OC)ccc1N. The van der Waals surface area contributed by atoms with Gasteiger partial charge in [-0.25, -0.2) is 0 Å². The molecule has 18 heavy (non-hydrogen) atoms. The van der Waals surface area contributed by atoms with Gasteiger partial charge in [0.1, 0.15) is 5.75 Å². The first-order valence-corrected chi connectivity index (χ1v) is 6.36. The van der Waals surface area contributed by atoms with E-state index in [2.05, 4.69) is 6.92 Å². The molecule has 1 aromatic carbocycles. The maximum Gasteiger partial charge on any atom is 0.256 e. The number of ether oxygens (including phenoxy) is 1. The zero-order chi connectivity index (χ0) is 13.5. The Morgan fingerprint density at radius 1 is 1.39 bits per heavy atom. The molecule has 4 nitrogen and oxygen atoms in total. The predicted octanol–water partition coefficient (Wildman–Crippen LogP) is 2.54. The molecule has 0 spiro atoms. The molecule has 2 N–H and O–H groups in total. The predicted molar refractivity (Wildman–Crippen MR) is 73.9 cm³/mol. The van der Waals surface area contributed by atoms with Crippen molar-refractivity contribution in [2.75, 3.05) is 25.9 Å². The van der Waals surface area contributed by atoms with E-state index < -0.39 is 0 Å². The maximum absolute atomic E-state index is 12.4. The van der Waals surface area contributed by atoms with Gasteiger partial charge in [0.05, 0.1) is 12.7 Å². The zero-order valence-electron chi connectivity index (χ0n) is 11.4. The summed E-state index contributed by atoms with van der Waals surface area (Å²) in [5.41, 5.74) is 6.88.